The van der Waals surface area contributed by atoms with Gasteiger partial charge in [-0.2, -0.15) is 23.4 Å². The largest absolute Gasteiger partial charge is 0.474 e. The average Bonchev–Trinajstić information content (AvgIpc) is 3.62. The number of pyridine rings is 1. The first-order chi connectivity index (χ1) is 20.9. The number of amides is 1. The second-order valence-electron chi connectivity index (χ2n) is 11.0. The molecule has 3 atom stereocenters. The van der Waals surface area contributed by atoms with Gasteiger partial charge in [0, 0.05) is 43.1 Å². The van der Waals surface area contributed by atoms with Crippen molar-refractivity contribution in [2.75, 3.05) is 37.5 Å². The van der Waals surface area contributed by atoms with Crippen LogP contribution < -0.4 is 4.90 Å². The lowest BCUT2D eigenvalue weighted by Gasteiger charge is -2.34. The molecule has 4 aromatic rings. The number of aromatic nitrogens is 5. The second-order valence-corrected chi connectivity index (χ2v) is 13.3. The quantitative estimate of drug-likeness (QED) is 0.303. The van der Waals surface area contributed by atoms with E-state index < -0.39 is 21.8 Å². The number of carbonyl (C=O) groups excluding carboxylic acids is 1. The third-order valence-corrected chi connectivity index (χ3v) is 9.50. The van der Waals surface area contributed by atoms with Crippen molar-refractivity contribution < 1.29 is 31.6 Å². The number of hydrogen-bond acceptors (Lipinski definition) is 8. The van der Waals surface area contributed by atoms with E-state index in [1.54, 1.807) is 16.8 Å². The highest BCUT2D eigenvalue weighted by Crippen LogP contribution is 2.37. The number of benzene rings is 1. The Bertz CT molecular complexity index is 1820. The molecule has 2 unspecified atom stereocenters. The molecule has 2 saturated heterocycles. The Morgan fingerprint density at radius 3 is 2.57 bits per heavy atom. The summed E-state index contributed by atoms with van der Waals surface area (Å²) < 4.78 is 69.5. The molecule has 0 radical (unpaired) electrons. The summed E-state index contributed by atoms with van der Waals surface area (Å²) in [5, 5.41) is 9.61. The molecule has 6 rings (SSSR count). The number of nitrogens with zero attached hydrogens (tertiary/aromatic N) is 7. The van der Waals surface area contributed by atoms with Crippen LogP contribution in [0.3, 0.4) is 0 Å². The van der Waals surface area contributed by atoms with Gasteiger partial charge in [0.1, 0.15) is 29.0 Å². The van der Waals surface area contributed by atoms with Crippen molar-refractivity contribution in [3.63, 3.8) is 0 Å². The molecule has 234 valence electrons. The molecule has 2 aliphatic rings. The Balaban J connectivity index is 1.46. The summed E-state index contributed by atoms with van der Waals surface area (Å²) in [5.74, 6) is -1.67. The maximum atomic E-state index is 13.0. The van der Waals surface area contributed by atoms with Crippen LogP contribution in [0.15, 0.2) is 51.9 Å². The van der Waals surface area contributed by atoms with Crippen molar-refractivity contribution in [2.24, 2.45) is 11.4 Å². The van der Waals surface area contributed by atoms with Crippen LogP contribution in [0.25, 0.3) is 33.5 Å². The Morgan fingerprint density at radius 1 is 1.11 bits per heavy atom. The number of halogens is 3. The summed E-state index contributed by atoms with van der Waals surface area (Å²) in [4.78, 5) is 18.7. The predicted molar refractivity (Wildman–Crippen MR) is 157 cm³/mol. The molecule has 1 aromatic carbocycles. The molecule has 0 bridgehead atoms. The van der Waals surface area contributed by atoms with Gasteiger partial charge in [0.25, 0.3) is 0 Å². The Hall–Kier alpha value is -3.82. The lowest BCUT2D eigenvalue weighted by Crippen LogP contribution is -2.44. The third-order valence-electron chi connectivity index (χ3n) is 7.84. The molecular weight excluding hydrogens is 599 g/mol. The molecule has 3 aromatic heterocycles. The molecule has 44 heavy (non-hydrogen) atoms. The summed E-state index contributed by atoms with van der Waals surface area (Å²) in [6, 6.07) is 10.0. The van der Waals surface area contributed by atoms with Crippen molar-refractivity contribution in [1.82, 2.24) is 24.5 Å². The van der Waals surface area contributed by atoms with E-state index in [0.29, 0.717) is 54.7 Å². The van der Waals surface area contributed by atoms with E-state index in [-0.39, 0.29) is 17.2 Å². The third kappa shape index (κ3) is 5.83. The number of hydrogen-bond donors (Lipinski definition) is 0. The number of aryl methyl sites for hydroxylation is 1. The number of ether oxygens (including phenoxy) is 2. The van der Waals surface area contributed by atoms with Crippen LogP contribution in [-0.2, 0) is 31.0 Å². The van der Waals surface area contributed by atoms with E-state index >= 15 is 0 Å². The zero-order valence-corrected chi connectivity index (χ0v) is 25.3. The fourth-order valence-electron chi connectivity index (χ4n) is 5.58. The van der Waals surface area contributed by atoms with Crippen LogP contribution in [-0.4, -0.2) is 79.5 Å². The number of anilines is 1. The molecule has 0 spiro atoms. The minimum absolute atomic E-state index is 0.00680. The van der Waals surface area contributed by atoms with Crippen LogP contribution >= 0.6 is 0 Å². The Labute approximate surface area is 252 Å². The lowest BCUT2D eigenvalue weighted by atomic mass is 10.0. The van der Waals surface area contributed by atoms with Gasteiger partial charge >= 0.3 is 12.1 Å². The SMILES string of the molecule is C[C@@H]1COCCN1c1cc(-c2ccc(S(C)(=O)=NC(=O)C(F)(F)F)cc2)c2c(n1)c(-c1ccn(C3CCCCO3)n1)nn2C. The first-order valence-corrected chi connectivity index (χ1v) is 16.2. The molecule has 2 fully saturated rings. The zero-order valence-electron chi connectivity index (χ0n) is 24.5. The van der Waals surface area contributed by atoms with E-state index in [4.69, 9.17) is 24.7 Å². The topological polar surface area (TPSA) is 117 Å². The van der Waals surface area contributed by atoms with Crippen molar-refractivity contribution in [3.05, 3.63) is 42.6 Å². The van der Waals surface area contributed by atoms with E-state index in [9.17, 15) is 22.2 Å². The van der Waals surface area contributed by atoms with Gasteiger partial charge in [0.15, 0.2) is 0 Å². The number of alkyl halides is 3. The maximum absolute atomic E-state index is 13.0. The molecule has 2 aliphatic heterocycles. The fraction of sp³-hybridized carbons (Fsp3) is 0.448. The van der Waals surface area contributed by atoms with Crippen molar-refractivity contribution in [2.45, 2.75) is 49.5 Å². The predicted octanol–water partition coefficient (Wildman–Crippen LogP) is 4.97. The van der Waals surface area contributed by atoms with Gasteiger partial charge in [-0.15, -0.1) is 4.36 Å². The molecule has 0 N–H and O–H groups in total. The smallest absolute Gasteiger partial charge is 0.377 e. The minimum Gasteiger partial charge on any atom is -0.377 e. The molecule has 11 nitrogen and oxygen atoms in total. The molecule has 0 aliphatic carbocycles. The van der Waals surface area contributed by atoms with Crippen LogP contribution in [0.2, 0.25) is 0 Å². The molecule has 15 heteroatoms. The van der Waals surface area contributed by atoms with E-state index in [0.717, 1.165) is 36.6 Å². The minimum atomic E-state index is -5.20. The average molecular weight is 632 g/mol. The highest BCUT2D eigenvalue weighted by Gasteiger charge is 2.39. The van der Waals surface area contributed by atoms with Crippen LogP contribution in [0.5, 0.6) is 0 Å². The zero-order chi connectivity index (χ0) is 31.2. The van der Waals surface area contributed by atoms with Gasteiger partial charge in [0.2, 0.25) is 0 Å². The summed E-state index contributed by atoms with van der Waals surface area (Å²) in [6.07, 6.45) is 0.536. The van der Waals surface area contributed by atoms with E-state index in [2.05, 4.69) is 16.2 Å². The summed E-state index contributed by atoms with van der Waals surface area (Å²) in [7, 11) is -1.82. The number of carbonyl (C=O) groups is 1. The van der Waals surface area contributed by atoms with Crippen LogP contribution in [0, 0.1) is 0 Å². The molecule has 0 saturated carbocycles. The monoisotopic (exact) mass is 631 g/mol. The van der Waals surface area contributed by atoms with Gasteiger partial charge < -0.3 is 14.4 Å². The maximum Gasteiger partial charge on any atom is 0.474 e. The second kappa shape index (κ2) is 11.6. The highest BCUT2D eigenvalue weighted by molar-refractivity contribution is 7.93. The summed E-state index contributed by atoms with van der Waals surface area (Å²) in [6.45, 7) is 4.47. The van der Waals surface area contributed by atoms with Crippen LogP contribution in [0.4, 0.5) is 19.0 Å². The Kier molecular flexibility index (Phi) is 7.96. The first kappa shape index (κ1) is 30.2. The van der Waals surface area contributed by atoms with Crippen molar-refractivity contribution in [3.8, 4) is 22.5 Å². The van der Waals surface area contributed by atoms with E-state index in [1.165, 1.54) is 12.1 Å². The van der Waals surface area contributed by atoms with Crippen LogP contribution in [0.1, 0.15) is 32.4 Å². The molecular formula is C29H32F3N7O4S. The number of rotatable bonds is 5. The van der Waals surface area contributed by atoms with Gasteiger partial charge in [0.05, 0.1) is 34.5 Å². The Morgan fingerprint density at radius 2 is 1.89 bits per heavy atom. The molecule has 1 amide bonds. The van der Waals surface area contributed by atoms with Gasteiger partial charge in [-0.05, 0) is 56.0 Å². The van der Waals surface area contributed by atoms with Crippen molar-refractivity contribution in [1.29, 1.82) is 0 Å². The summed E-state index contributed by atoms with van der Waals surface area (Å²) in [5.41, 5.74) is 4.04. The fourth-order valence-corrected chi connectivity index (χ4v) is 6.75. The van der Waals surface area contributed by atoms with Crippen molar-refractivity contribution >= 4 is 32.5 Å². The normalized spacial score (nSPS) is 20.9. The summed E-state index contributed by atoms with van der Waals surface area (Å²) >= 11 is 0. The van der Waals surface area contributed by atoms with Gasteiger partial charge in [-0.1, -0.05) is 12.1 Å². The first-order valence-electron chi connectivity index (χ1n) is 14.3. The lowest BCUT2D eigenvalue weighted by molar-refractivity contribution is -0.169. The standard InChI is InChI=1S/C29H32F3N7O4S/c1-18-17-42-15-13-38(18)23-16-21(19-7-9-20(10-8-19)44(3,41)36-28(40)29(30,31)32)27-26(33-23)25(35-37(27)2)22-11-12-39(34-22)24-6-4-5-14-43-24/h7-12,16,18,24H,4-6,13-15,17H2,1-3H3/t18-,24?,44?/m1/s1. The van der Waals surface area contributed by atoms with E-state index in [1.807, 2.05) is 30.1 Å². The highest BCUT2D eigenvalue weighted by atomic mass is 32.2. The van der Waals surface area contributed by atoms with Gasteiger partial charge in [-0.25, -0.2) is 13.9 Å². The number of morpholine rings is 1. The number of fused-ring (bicyclic) bond motifs is 1. The van der Waals surface area contributed by atoms with Gasteiger partial charge in [-0.3, -0.25) is 9.48 Å². The molecule has 5 heterocycles.